The lowest BCUT2D eigenvalue weighted by molar-refractivity contribution is 1.06. The highest BCUT2D eigenvalue weighted by atomic mass is 35.5. The molecule has 0 unspecified atom stereocenters. The van der Waals surface area contributed by atoms with Crippen LogP contribution < -0.4 is 5.73 Å². The van der Waals surface area contributed by atoms with Crippen molar-refractivity contribution in [2.24, 2.45) is 5.73 Å². The molecule has 2 N–H and O–H groups in total. The van der Waals surface area contributed by atoms with E-state index in [0.29, 0.717) is 6.54 Å². The Morgan fingerprint density at radius 1 is 1.22 bits per heavy atom. The van der Waals surface area contributed by atoms with Gasteiger partial charge < -0.3 is 5.73 Å². The van der Waals surface area contributed by atoms with Crippen molar-refractivity contribution in [1.29, 1.82) is 0 Å². The fourth-order valence-corrected chi connectivity index (χ4v) is 3.23. The summed E-state index contributed by atoms with van der Waals surface area (Å²) < 4.78 is 1.18. The van der Waals surface area contributed by atoms with Crippen LogP contribution in [0.5, 0.6) is 0 Å². The third-order valence-electron chi connectivity index (χ3n) is 2.82. The lowest BCUT2D eigenvalue weighted by Gasteiger charge is -1.99. The summed E-state index contributed by atoms with van der Waals surface area (Å²) in [5.74, 6) is 0. The Morgan fingerprint density at radius 3 is 2.89 bits per heavy atom. The topological polar surface area (TPSA) is 38.9 Å². The van der Waals surface area contributed by atoms with Gasteiger partial charge in [0.25, 0.3) is 0 Å². The van der Waals surface area contributed by atoms with E-state index in [-0.39, 0.29) is 0 Å². The maximum atomic E-state index is 6.18. The van der Waals surface area contributed by atoms with Gasteiger partial charge in [-0.1, -0.05) is 17.7 Å². The fourth-order valence-electron chi connectivity index (χ4n) is 1.89. The molecule has 0 saturated carbocycles. The van der Waals surface area contributed by atoms with E-state index in [4.69, 9.17) is 17.3 Å². The number of hydrogen-bond donors (Lipinski definition) is 1. The van der Waals surface area contributed by atoms with Crippen LogP contribution in [0.25, 0.3) is 20.7 Å². The normalized spacial score (nSPS) is 11.0. The van der Waals surface area contributed by atoms with E-state index in [1.165, 1.54) is 4.70 Å². The van der Waals surface area contributed by atoms with Crippen LogP contribution in [-0.4, -0.2) is 4.98 Å². The molecule has 0 spiro atoms. The number of fused-ring (bicyclic) bond motifs is 1. The second kappa shape index (κ2) is 4.69. The zero-order chi connectivity index (χ0) is 12.5. The van der Waals surface area contributed by atoms with Gasteiger partial charge in [0.15, 0.2) is 0 Å². The van der Waals surface area contributed by atoms with E-state index in [2.05, 4.69) is 17.1 Å². The first-order valence-electron chi connectivity index (χ1n) is 5.61. The molecule has 0 fully saturated rings. The van der Waals surface area contributed by atoms with Crippen LogP contribution in [0.15, 0.2) is 42.6 Å². The number of thiophene rings is 1. The maximum absolute atomic E-state index is 6.18. The lowest BCUT2D eigenvalue weighted by atomic mass is 10.2. The van der Waals surface area contributed by atoms with Crippen molar-refractivity contribution in [3.8, 4) is 10.6 Å². The number of halogens is 1. The third kappa shape index (κ3) is 2.01. The number of nitrogens with zero attached hydrogens (tertiary/aromatic N) is 1. The minimum atomic E-state index is 0.529. The molecule has 3 aromatic rings. The molecular formula is C14H11ClN2S. The van der Waals surface area contributed by atoms with Crippen LogP contribution in [0.2, 0.25) is 5.02 Å². The lowest BCUT2D eigenvalue weighted by Crippen LogP contribution is -1.96. The van der Waals surface area contributed by atoms with Gasteiger partial charge in [0.1, 0.15) is 0 Å². The van der Waals surface area contributed by atoms with Crippen LogP contribution in [0.3, 0.4) is 0 Å². The average Bonchev–Trinajstić information content (AvgIpc) is 2.84. The molecule has 3 rings (SSSR count). The number of nitrogens with two attached hydrogens (primary N) is 1. The van der Waals surface area contributed by atoms with E-state index < -0.39 is 0 Å². The van der Waals surface area contributed by atoms with Crippen LogP contribution in [0, 0.1) is 0 Å². The van der Waals surface area contributed by atoms with Gasteiger partial charge in [-0.2, -0.15) is 0 Å². The van der Waals surface area contributed by atoms with Gasteiger partial charge in [-0.05, 0) is 35.9 Å². The molecule has 90 valence electrons. The summed E-state index contributed by atoms with van der Waals surface area (Å²) in [7, 11) is 0. The fraction of sp³-hybridized carbons (Fsp3) is 0.0714. The van der Waals surface area contributed by atoms with Gasteiger partial charge in [0.2, 0.25) is 0 Å². The summed E-state index contributed by atoms with van der Waals surface area (Å²) in [5.41, 5.74) is 7.69. The third-order valence-corrected chi connectivity index (χ3v) is 4.27. The first kappa shape index (κ1) is 11.7. The zero-order valence-corrected chi connectivity index (χ0v) is 11.1. The monoisotopic (exact) mass is 274 g/mol. The molecule has 0 bridgehead atoms. The van der Waals surface area contributed by atoms with E-state index in [9.17, 15) is 0 Å². The standard InChI is InChI=1S/C14H11ClN2S/c15-11-2-1-3-13-10(11)7-14(18-13)12-6-9(8-16)4-5-17-12/h1-7H,8,16H2. The van der Waals surface area contributed by atoms with Crippen molar-refractivity contribution >= 4 is 33.0 Å². The second-order valence-corrected chi connectivity index (χ2v) is 5.51. The number of hydrogen-bond acceptors (Lipinski definition) is 3. The molecule has 0 radical (unpaired) electrons. The average molecular weight is 275 g/mol. The van der Waals surface area contributed by atoms with Crippen molar-refractivity contribution in [2.75, 3.05) is 0 Å². The minimum Gasteiger partial charge on any atom is -0.326 e. The smallest absolute Gasteiger partial charge is 0.0805 e. The van der Waals surface area contributed by atoms with Crippen LogP contribution in [-0.2, 0) is 6.54 Å². The van der Waals surface area contributed by atoms with E-state index in [0.717, 1.165) is 26.5 Å². The molecule has 0 aliphatic rings. The van der Waals surface area contributed by atoms with Gasteiger partial charge >= 0.3 is 0 Å². The summed E-state index contributed by atoms with van der Waals surface area (Å²) >= 11 is 7.88. The SMILES string of the molecule is NCc1ccnc(-c2cc3c(Cl)cccc3s2)c1. The minimum absolute atomic E-state index is 0.529. The quantitative estimate of drug-likeness (QED) is 0.765. The summed E-state index contributed by atoms with van der Waals surface area (Å²) in [5, 5.41) is 1.86. The molecule has 0 atom stereocenters. The maximum Gasteiger partial charge on any atom is 0.0805 e. The molecule has 0 aliphatic carbocycles. The second-order valence-electron chi connectivity index (χ2n) is 4.02. The highest BCUT2D eigenvalue weighted by molar-refractivity contribution is 7.22. The Balaban J connectivity index is 2.16. The van der Waals surface area contributed by atoms with Crippen molar-refractivity contribution in [3.63, 3.8) is 0 Å². The number of rotatable bonds is 2. The Bertz CT molecular complexity index is 706. The highest BCUT2D eigenvalue weighted by Gasteiger charge is 2.08. The van der Waals surface area contributed by atoms with Crippen molar-refractivity contribution in [1.82, 2.24) is 4.98 Å². The summed E-state index contributed by atoms with van der Waals surface area (Å²) in [6.07, 6.45) is 1.80. The molecule has 2 heterocycles. The summed E-state index contributed by atoms with van der Waals surface area (Å²) in [6, 6.07) is 12.0. The number of aromatic nitrogens is 1. The van der Waals surface area contributed by atoms with Crippen molar-refractivity contribution < 1.29 is 0 Å². The van der Waals surface area contributed by atoms with Gasteiger partial charge in [-0.25, -0.2) is 0 Å². The van der Waals surface area contributed by atoms with Gasteiger partial charge in [0, 0.05) is 27.9 Å². The molecule has 2 aromatic heterocycles. The molecular weight excluding hydrogens is 264 g/mol. The summed E-state index contributed by atoms with van der Waals surface area (Å²) in [6.45, 7) is 0.529. The largest absolute Gasteiger partial charge is 0.326 e. The first-order chi connectivity index (χ1) is 8.78. The molecule has 18 heavy (non-hydrogen) atoms. The molecule has 4 heteroatoms. The first-order valence-corrected chi connectivity index (χ1v) is 6.81. The Hall–Kier alpha value is -1.42. The Kier molecular flexibility index (Phi) is 3.04. The molecule has 2 nitrogen and oxygen atoms in total. The van der Waals surface area contributed by atoms with Gasteiger partial charge in [-0.15, -0.1) is 11.3 Å². The van der Waals surface area contributed by atoms with Crippen molar-refractivity contribution in [2.45, 2.75) is 6.54 Å². The number of benzene rings is 1. The Labute approximate surface area is 114 Å². The molecule has 0 saturated heterocycles. The van der Waals surface area contributed by atoms with Crippen LogP contribution in [0.4, 0.5) is 0 Å². The highest BCUT2D eigenvalue weighted by Crippen LogP contribution is 2.36. The molecule has 1 aromatic carbocycles. The van der Waals surface area contributed by atoms with E-state index in [1.54, 1.807) is 17.5 Å². The molecule has 0 aliphatic heterocycles. The Morgan fingerprint density at radius 2 is 2.11 bits per heavy atom. The van der Waals surface area contributed by atoms with Gasteiger partial charge in [0.05, 0.1) is 10.6 Å². The predicted molar refractivity (Wildman–Crippen MR) is 78.0 cm³/mol. The zero-order valence-electron chi connectivity index (χ0n) is 9.56. The van der Waals surface area contributed by atoms with Crippen LogP contribution in [0.1, 0.15) is 5.56 Å². The predicted octanol–water partition coefficient (Wildman–Crippen LogP) is 4.08. The number of pyridine rings is 1. The van der Waals surface area contributed by atoms with Crippen LogP contribution >= 0.6 is 22.9 Å². The van der Waals surface area contributed by atoms with E-state index >= 15 is 0 Å². The van der Waals surface area contributed by atoms with Gasteiger partial charge in [-0.3, -0.25) is 4.98 Å². The van der Waals surface area contributed by atoms with Crippen molar-refractivity contribution in [3.05, 3.63) is 53.2 Å². The summed E-state index contributed by atoms with van der Waals surface area (Å²) in [4.78, 5) is 5.51. The van der Waals surface area contributed by atoms with E-state index in [1.807, 2.05) is 24.3 Å². The molecule has 0 amide bonds.